The van der Waals surface area contributed by atoms with Crippen LogP contribution in [0.3, 0.4) is 0 Å². The van der Waals surface area contributed by atoms with Gasteiger partial charge in [0.1, 0.15) is 0 Å². The number of rotatable bonds is 4. The van der Waals surface area contributed by atoms with Crippen LogP contribution in [0.4, 0.5) is 0 Å². The fourth-order valence-electron chi connectivity index (χ4n) is 1.31. The van der Waals surface area contributed by atoms with E-state index in [0.29, 0.717) is 0 Å². The Morgan fingerprint density at radius 1 is 1.17 bits per heavy atom. The van der Waals surface area contributed by atoms with Crippen LogP contribution in [-0.4, -0.2) is 52.9 Å². The number of nitrogens with one attached hydrogen (secondary N) is 1. The summed E-state index contributed by atoms with van der Waals surface area (Å²) in [5.74, 6) is 0. The van der Waals surface area contributed by atoms with Gasteiger partial charge >= 0.3 is 8.56 Å². The molecule has 0 aromatic carbocycles. The predicted octanol–water partition coefficient (Wildman–Crippen LogP) is 0.629. The second-order valence-corrected chi connectivity index (χ2v) is 7.12. The molecule has 74 valence electrons. The van der Waals surface area contributed by atoms with Crippen molar-refractivity contribution in [3.8, 4) is 0 Å². The summed E-state index contributed by atoms with van der Waals surface area (Å²) in [6.07, 6.45) is 0. The lowest BCUT2D eigenvalue weighted by atomic mass is 11.2. The molecule has 1 N–H and O–H groups in total. The van der Waals surface area contributed by atoms with E-state index in [1.807, 2.05) is 12.7 Å². The van der Waals surface area contributed by atoms with E-state index in [4.69, 9.17) is 0 Å². The fraction of sp³-hybridized carbons (Fsp3) is 0.750. The van der Waals surface area contributed by atoms with Crippen molar-refractivity contribution in [2.45, 2.75) is 7.43 Å². The van der Waals surface area contributed by atoms with Gasteiger partial charge in [0.05, 0.1) is 0 Å². The summed E-state index contributed by atoms with van der Waals surface area (Å²) in [4.78, 5) is 3.34. The summed E-state index contributed by atoms with van der Waals surface area (Å²) in [6, 6.07) is 0. The largest absolute Gasteiger partial charge is 0.313 e. The minimum atomic E-state index is -1.72. The molecule has 0 spiro atoms. The van der Waals surface area contributed by atoms with Crippen LogP contribution in [0.1, 0.15) is 7.43 Å². The Kier molecular flexibility index (Phi) is 6.56. The summed E-state index contributed by atoms with van der Waals surface area (Å²) in [7, 11) is 8.56. The van der Waals surface area contributed by atoms with Crippen molar-refractivity contribution >= 4 is 8.56 Å². The van der Waals surface area contributed by atoms with Gasteiger partial charge in [-0.2, -0.15) is 0 Å². The Morgan fingerprint density at radius 2 is 1.50 bits per heavy atom. The quantitative estimate of drug-likeness (QED) is 0.655. The van der Waals surface area contributed by atoms with E-state index in [0.717, 1.165) is 0 Å². The average Bonchev–Trinajstić information content (AvgIpc) is 1.90. The van der Waals surface area contributed by atoms with Crippen molar-refractivity contribution in [2.75, 3.05) is 35.2 Å². The smallest absolute Gasteiger partial charge is 0.311 e. The van der Waals surface area contributed by atoms with Gasteiger partial charge in [0.15, 0.2) is 0 Å². The van der Waals surface area contributed by atoms with Crippen molar-refractivity contribution in [3.63, 3.8) is 0 Å². The molecule has 0 radical (unpaired) electrons. The Labute approximate surface area is 78.3 Å². The molecule has 0 aromatic heterocycles. The Hall–Kier alpha value is -0.163. The lowest BCUT2D eigenvalue weighted by molar-refractivity contribution is 0.478. The molecule has 0 rings (SSSR count). The molecule has 4 heteroatoms. The first-order valence-electron chi connectivity index (χ1n) is 3.68. The normalized spacial score (nSPS) is 11.6. The molecular weight excluding hydrogens is 166 g/mol. The lowest BCUT2D eigenvalue weighted by Crippen LogP contribution is -2.68. The molecule has 0 saturated carbocycles. The van der Waals surface area contributed by atoms with Crippen LogP contribution in [0.15, 0.2) is 12.3 Å². The first-order chi connectivity index (χ1) is 5.01. The zero-order valence-corrected chi connectivity index (χ0v) is 9.18. The van der Waals surface area contributed by atoms with Gasteiger partial charge < -0.3 is 14.1 Å². The SMILES string of the molecule is C.C=C[Si](NC)(N(C)C)N(C)C. The van der Waals surface area contributed by atoms with Gasteiger partial charge in [0.2, 0.25) is 0 Å². The summed E-state index contributed by atoms with van der Waals surface area (Å²) < 4.78 is 4.42. The van der Waals surface area contributed by atoms with Crippen LogP contribution in [0.2, 0.25) is 0 Å². The van der Waals surface area contributed by atoms with E-state index >= 15 is 0 Å². The summed E-state index contributed by atoms with van der Waals surface area (Å²) in [6.45, 7) is 3.86. The van der Waals surface area contributed by atoms with Gasteiger partial charge in [0.25, 0.3) is 0 Å². The highest BCUT2D eigenvalue weighted by molar-refractivity contribution is 6.76. The van der Waals surface area contributed by atoms with Gasteiger partial charge in [-0.3, -0.25) is 0 Å². The second kappa shape index (κ2) is 5.48. The van der Waals surface area contributed by atoms with E-state index in [9.17, 15) is 0 Å². The summed E-state index contributed by atoms with van der Waals surface area (Å²) in [5.41, 5.74) is 2.02. The van der Waals surface area contributed by atoms with Gasteiger partial charge in [-0.15, -0.1) is 6.58 Å². The predicted molar refractivity (Wildman–Crippen MR) is 59.1 cm³/mol. The molecule has 0 aliphatic carbocycles. The topological polar surface area (TPSA) is 18.5 Å². The molecule has 0 amide bonds. The molecule has 0 saturated heterocycles. The first kappa shape index (κ1) is 14.4. The molecule has 12 heavy (non-hydrogen) atoms. The van der Waals surface area contributed by atoms with Gasteiger partial charge in [-0.25, -0.2) is 0 Å². The molecular formula is C8H23N3Si. The molecule has 0 aromatic rings. The molecule has 0 fully saturated rings. The van der Waals surface area contributed by atoms with Gasteiger partial charge in [-0.05, 0) is 35.2 Å². The monoisotopic (exact) mass is 189 g/mol. The van der Waals surface area contributed by atoms with E-state index in [1.54, 1.807) is 0 Å². The van der Waals surface area contributed by atoms with Crippen molar-refractivity contribution in [1.82, 2.24) is 14.1 Å². The van der Waals surface area contributed by atoms with Crippen LogP contribution in [-0.2, 0) is 0 Å². The molecule has 0 aliphatic rings. The molecule has 0 atom stereocenters. The highest BCUT2D eigenvalue weighted by Gasteiger charge is 2.34. The van der Waals surface area contributed by atoms with E-state index in [-0.39, 0.29) is 7.43 Å². The number of hydrogen-bond donors (Lipinski definition) is 1. The standard InChI is InChI=1S/C7H19N3Si.CH4/c1-7-11(8-2,9(3)4)10(5)6;/h7-8H,1H2,2-6H3;1H4. The molecule has 0 aliphatic heterocycles. The van der Waals surface area contributed by atoms with Gasteiger partial charge in [-0.1, -0.05) is 13.1 Å². The maximum atomic E-state index is 3.86. The highest BCUT2D eigenvalue weighted by atomic mass is 28.4. The fourth-order valence-corrected chi connectivity index (χ4v) is 3.94. The first-order valence-corrected chi connectivity index (χ1v) is 5.65. The lowest BCUT2D eigenvalue weighted by Gasteiger charge is -2.38. The van der Waals surface area contributed by atoms with E-state index in [1.165, 1.54) is 0 Å². The second-order valence-electron chi connectivity index (χ2n) is 2.97. The average molecular weight is 189 g/mol. The van der Waals surface area contributed by atoms with Crippen LogP contribution in [0.5, 0.6) is 0 Å². The van der Waals surface area contributed by atoms with Crippen LogP contribution in [0, 0.1) is 0 Å². The highest BCUT2D eigenvalue weighted by Crippen LogP contribution is 2.04. The molecule has 0 heterocycles. The Morgan fingerprint density at radius 3 is 1.50 bits per heavy atom. The van der Waals surface area contributed by atoms with E-state index < -0.39 is 8.56 Å². The Balaban J connectivity index is 0. The van der Waals surface area contributed by atoms with Crippen LogP contribution < -0.4 is 4.98 Å². The third-order valence-electron chi connectivity index (χ3n) is 2.02. The van der Waals surface area contributed by atoms with Crippen LogP contribution >= 0.6 is 0 Å². The van der Waals surface area contributed by atoms with Crippen molar-refractivity contribution < 1.29 is 0 Å². The Bertz CT molecular complexity index is 126. The van der Waals surface area contributed by atoms with Gasteiger partial charge in [0, 0.05) is 0 Å². The molecule has 0 bridgehead atoms. The minimum absolute atomic E-state index is 0. The zero-order chi connectivity index (χ0) is 9.07. The van der Waals surface area contributed by atoms with Crippen molar-refractivity contribution in [2.24, 2.45) is 0 Å². The molecule has 3 nitrogen and oxygen atoms in total. The number of hydrogen-bond acceptors (Lipinski definition) is 3. The third kappa shape index (κ3) is 2.41. The van der Waals surface area contributed by atoms with E-state index in [2.05, 4.69) is 48.9 Å². The summed E-state index contributed by atoms with van der Waals surface area (Å²) >= 11 is 0. The minimum Gasteiger partial charge on any atom is -0.313 e. The van der Waals surface area contributed by atoms with Crippen molar-refractivity contribution in [1.29, 1.82) is 0 Å². The maximum absolute atomic E-state index is 3.86. The summed E-state index contributed by atoms with van der Waals surface area (Å²) in [5, 5.41) is 0. The van der Waals surface area contributed by atoms with Crippen molar-refractivity contribution in [3.05, 3.63) is 12.3 Å². The third-order valence-corrected chi connectivity index (χ3v) is 6.05. The zero-order valence-electron chi connectivity index (χ0n) is 8.18. The van der Waals surface area contributed by atoms with Crippen LogP contribution in [0.25, 0.3) is 0 Å². The maximum Gasteiger partial charge on any atom is 0.311 e. The molecule has 0 unspecified atom stereocenters. The number of nitrogens with zero attached hydrogens (tertiary/aromatic N) is 2.